The maximum absolute atomic E-state index is 12.6. The standard InChI is InChI=1S/C16H14N2O2/c1-2-15-13(9-11-20-15)16(19)14-8-10-17-18(14)12-6-4-3-5-7-12/h3-11H,2H2,1H3. The lowest BCUT2D eigenvalue weighted by Crippen LogP contribution is -2.10. The molecule has 2 aromatic heterocycles. The number of aryl methyl sites for hydroxylation is 1. The van der Waals surface area contributed by atoms with E-state index in [1.54, 1.807) is 29.3 Å². The summed E-state index contributed by atoms with van der Waals surface area (Å²) in [7, 11) is 0. The van der Waals surface area contributed by atoms with Gasteiger partial charge in [-0.2, -0.15) is 5.10 Å². The molecule has 0 saturated heterocycles. The Bertz CT molecular complexity index is 726. The first kappa shape index (κ1) is 12.4. The zero-order valence-corrected chi connectivity index (χ0v) is 11.1. The molecule has 20 heavy (non-hydrogen) atoms. The fourth-order valence-electron chi connectivity index (χ4n) is 2.20. The molecule has 0 unspecified atom stereocenters. The lowest BCUT2D eigenvalue weighted by molar-refractivity contribution is 0.103. The van der Waals surface area contributed by atoms with E-state index in [4.69, 9.17) is 4.42 Å². The molecule has 3 aromatic rings. The van der Waals surface area contributed by atoms with Gasteiger partial charge >= 0.3 is 0 Å². The molecule has 1 aromatic carbocycles. The molecule has 0 radical (unpaired) electrons. The van der Waals surface area contributed by atoms with Gasteiger partial charge in [0.15, 0.2) is 0 Å². The van der Waals surface area contributed by atoms with E-state index >= 15 is 0 Å². The first-order chi connectivity index (χ1) is 9.81. The smallest absolute Gasteiger partial charge is 0.214 e. The van der Waals surface area contributed by atoms with Gasteiger partial charge in [-0.3, -0.25) is 4.79 Å². The Labute approximate surface area is 116 Å². The molecule has 0 aliphatic rings. The van der Waals surface area contributed by atoms with Gasteiger partial charge in [-0.1, -0.05) is 25.1 Å². The molecule has 0 saturated carbocycles. The van der Waals surface area contributed by atoms with E-state index in [-0.39, 0.29) is 5.78 Å². The molecule has 0 bridgehead atoms. The van der Waals surface area contributed by atoms with Crippen LogP contribution in [0.25, 0.3) is 5.69 Å². The number of para-hydroxylation sites is 1. The van der Waals surface area contributed by atoms with Gasteiger partial charge in [0.25, 0.3) is 0 Å². The van der Waals surface area contributed by atoms with Gasteiger partial charge in [0.05, 0.1) is 23.7 Å². The number of carbonyl (C=O) groups is 1. The molecule has 0 atom stereocenters. The minimum absolute atomic E-state index is 0.0723. The van der Waals surface area contributed by atoms with Crippen LogP contribution in [-0.2, 0) is 6.42 Å². The van der Waals surface area contributed by atoms with Gasteiger partial charge in [0.2, 0.25) is 5.78 Å². The molecule has 0 amide bonds. The zero-order chi connectivity index (χ0) is 13.9. The number of nitrogens with zero attached hydrogens (tertiary/aromatic N) is 2. The fourth-order valence-corrected chi connectivity index (χ4v) is 2.20. The highest BCUT2D eigenvalue weighted by molar-refractivity contribution is 6.08. The number of aromatic nitrogens is 2. The third-order valence-electron chi connectivity index (χ3n) is 3.19. The Morgan fingerprint density at radius 3 is 2.75 bits per heavy atom. The SMILES string of the molecule is CCc1occc1C(=O)c1ccnn1-c1ccccc1. The van der Waals surface area contributed by atoms with E-state index in [1.807, 2.05) is 37.3 Å². The van der Waals surface area contributed by atoms with Gasteiger partial charge in [-0.25, -0.2) is 4.68 Å². The molecule has 0 fully saturated rings. The summed E-state index contributed by atoms with van der Waals surface area (Å²) in [5.74, 6) is 0.632. The lowest BCUT2D eigenvalue weighted by atomic mass is 10.1. The highest BCUT2D eigenvalue weighted by Gasteiger charge is 2.19. The van der Waals surface area contributed by atoms with Crippen molar-refractivity contribution in [1.82, 2.24) is 9.78 Å². The van der Waals surface area contributed by atoms with E-state index in [0.29, 0.717) is 23.4 Å². The summed E-state index contributed by atoms with van der Waals surface area (Å²) < 4.78 is 6.98. The summed E-state index contributed by atoms with van der Waals surface area (Å²) in [5, 5.41) is 4.24. The molecule has 0 spiro atoms. The number of ketones is 1. The number of hydrogen-bond acceptors (Lipinski definition) is 3. The molecule has 4 heteroatoms. The number of rotatable bonds is 4. The summed E-state index contributed by atoms with van der Waals surface area (Å²) >= 11 is 0. The van der Waals surface area contributed by atoms with Crippen molar-refractivity contribution in [3.63, 3.8) is 0 Å². The Morgan fingerprint density at radius 2 is 2.00 bits per heavy atom. The highest BCUT2D eigenvalue weighted by Crippen LogP contribution is 2.18. The predicted molar refractivity (Wildman–Crippen MR) is 75.1 cm³/mol. The second-order valence-corrected chi connectivity index (χ2v) is 4.40. The van der Waals surface area contributed by atoms with Gasteiger partial charge in [0, 0.05) is 6.42 Å². The van der Waals surface area contributed by atoms with E-state index < -0.39 is 0 Å². The van der Waals surface area contributed by atoms with Crippen LogP contribution >= 0.6 is 0 Å². The predicted octanol–water partition coefficient (Wildman–Crippen LogP) is 3.26. The monoisotopic (exact) mass is 266 g/mol. The summed E-state index contributed by atoms with van der Waals surface area (Å²) in [6.45, 7) is 1.96. The van der Waals surface area contributed by atoms with Crippen molar-refractivity contribution in [3.8, 4) is 5.69 Å². The molecule has 4 nitrogen and oxygen atoms in total. The van der Waals surface area contributed by atoms with Crippen LogP contribution in [0.15, 0.2) is 59.3 Å². The zero-order valence-electron chi connectivity index (χ0n) is 11.1. The minimum atomic E-state index is -0.0723. The molecule has 0 aliphatic carbocycles. The van der Waals surface area contributed by atoms with Crippen molar-refractivity contribution >= 4 is 5.78 Å². The largest absolute Gasteiger partial charge is 0.469 e. The molecule has 100 valence electrons. The number of hydrogen-bond donors (Lipinski definition) is 0. The first-order valence-corrected chi connectivity index (χ1v) is 6.51. The van der Waals surface area contributed by atoms with Crippen LogP contribution in [-0.4, -0.2) is 15.6 Å². The van der Waals surface area contributed by atoms with Gasteiger partial charge in [-0.05, 0) is 24.3 Å². The quantitative estimate of drug-likeness (QED) is 0.681. The van der Waals surface area contributed by atoms with Crippen molar-refractivity contribution in [3.05, 3.63) is 71.9 Å². The van der Waals surface area contributed by atoms with Gasteiger partial charge in [-0.15, -0.1) is 0 Å². The summed E-state index contributed by atoms with van der Waals surface area (Å²) in [4.78, 5) is 12.6. The van der Waals surface area contributed by atoms with Crippen molar-refractivity contribution < 1.29 is 9.21 Å². The Morgan fingerprint density at radius 1 is 1.20 bits per heavy atom. The van der Waals surface area contributed by atoms with Crippen LogP contribution in [0.3, 0.4) is 0 Å². The van der Waals surface area contributed by atoms with Crippen LogP contribution in [0.1, 0.15) is 28.7 Å². The molecule has 2 heterocycles. The first-order valence-electron chi connectivity index (χ1n) is 6.51. The molecule has 0 N–H and O–H groups in total. The fraction of sp³-hybridized carbons (Fsp3) is 0.125. The third kappa shape index (κ3) is 2.05. The highest BCUT2D eigenvalue weighted by atomic mass is 16.3. The van der Waals surface area contributed by atoms with Gasteiger partial charge < -0.3 is 4.42 Å². The summed E-state index contributed by atoms with van der Waals surface area (Å²) in [6.07, 6.45) is 3.87. The minimum Gasteiger partial charge on any atom is -0.469 e. The van der Waals surface area contributed by atoms with E-state index in [0.717, 1.165) is 5.69 Å². The number of furan rings is 1. The normalized spacial score (nSPS) is 10.7. The Hall–Kier alpha value is -2.62. The van der Waals surface area contributed by atoms with Crippen molar-refractivity contribution in [2.75, 3.05) is 0 Å². The van der Waals surface area contributed by atoms with E-state index in [2.05, 4.69) is 5.10 Å². The Kier molecular flexibility index (Phi) is 3.21. The topological polar surface area (TPSA) is 48.0 Å². The number of carbonyl (C=O) groups excluding carboxylic acids is 1. The Balaban J connectivity index is 2.04. The van der Waals surface area contributed by atoms with Crippen LogP contribution in [0.2, 0.25) is 0 Å². The van der Waals surface area contributed by atoms with E-state index in [9.17, 15) is 4.79 Å². The van der Waals surface area contributed by atoms with Gasteiger partial charge in [0.1, 0.15) is 11.5 Å². The molecule has 0 aliphatic heterocycles. The number of benzene rings is 1. The maximum Gasteiger partial charge on any atom is 0.214 e. The van der Waals surface area contributed by atoms with Crippen molar-refractivity contribution in [2.45, 2.75) is 13.3 Å². The maximum atomic E-state index is 12.6. The van der Waals surface area contributed by atoms with E-state index in [1.165, 1.54) is 0 Å². The van der Waals surface area contributed by atoms with Crippen molar-refractivity contribution in [1.29, 1.82) is 0 Å². The second-order valence-electron chi connectivity index (χ2n) is 4.40. The molecular formula is C16H14N2O2. The van der Waals surface area contributed by atoms with Crippen LogP contribution < -0.4 is 0 Å². The average Bonchev–Trinajstić information content (AvgIpc) is 3.16. The molecular weight excluding hydrogens is 252 g/mol. The van der Waals surface area contributed by atoms with Crippen LogP contribution in [0.5, 0.6) is 0 Å². The third-order valence-corrected chi connectivity index (χ3v) is 3.19. The second kappa shape index (κ2) is 5.17. The van der Waals surface area contributed by atoms with Crippen LogP contribution in [0, 0.1) is 0 Å². The van der Waals surface area contributed by atoms with Crippen molar-refractivity contribution in [2.24, 2.45) is 0 Å². The van der Waals surface area contributed by atoms with Crippen LogP contribution in [0.4, 0.5) is 0 Å². The summed E-state index contributed by atoms with van der Waals surface area (Å²) in [6, 6.07) is 13.0. The lowest BCUT2D eigenvalue weighted by Gasteiger charge is -2.06. The molecule has 3 rings (SSSR count). The average molecular weight is 266 g/mol. The summed E-state index contributed by atoms with van der Waals surface area (Å²) in [5.41, 5.74) is 2.00.